The van der Waals surface area contributed by atoms with E-state index in [9.17, 15) is 0 Å². The van der Waals surface area contributed by atoms with Gasteiger partial charge in [-0.3, -0.25) is 0 Å². The third-order valence-electron chi connectivity index (χ3n) is 19.6. The summed E-state index contributed by atoms with van der Waals surface area (Å²) in [6, 6.07) is 113. The summed E-state index contributed by atoms with van der Waals surface area (Å²) >= 11 is 0. The van der Waals surface area contributed by atoms with Crippen LogP contribution < -0.4 is 0 Å². The number of fused-ring (bicyclic) bond motifs is 7. The van der Waals surface area contributed by atoms with Gasteiger partial charge in [-0.25, -0.2) is 0 Å². The Kier molecular flexibility index (Phi) is 10.8. The Morgan fingerprint density at radius 3 is 1.14 bits per heavy atom. The predicted molar refractivity (Wildman–Crippen MR) is 375 cm³/mol. The Balaban J connectivity index is 0.000000144. The zero-order valence-corrected chi connectivity index (χ0v) is 48.4. The smallest absolute Gasteiger partial charge is 0.0159 e. The van der Waals surface area contributed by atoms with Crippen LogP contribution in [0.15, 0.2) is 303 Å². The van der Waals surface area contributed by atoms with E-state index in [1.807, 2.05) is 0 Å². The molecule has 0 nitrogen and oxygen atoms in total. The molecule has 404 valence electrons. The van der Waals surface area contributed by atoms with Crippen molar-refractivity contribution in [3.05, 3.63) is 314 Å². The van der Waals surface area contributed by atoms with Crippen molar-refractivity contribution in [3.63, 3.8) is 0 Å². The molecule has 19 rings (SSSR count). The molecule has 0 spiro atoms. The first-order chi connectivity index (χ1) is 42.9. The fourth-order valence-electron chi connectivity index (χ4n) is 15.4. The van der Waals surface area contributed by atoms with Crippen molar-refractivity contribution in [1.29, 1.82) is 0 Å². The molecule has 0 radical (unpaired) electrons. The van der Waals surface area contributed by atoms with Crippen LogP contribution in [0.2, 0.25) is 0 Å². The van der Waals surface area contributed by atoms with Crippen molar-refractivity contribution in [3.8, 4) is 66.8 Å². The summed E-state index contributed by atoms with van der Waals surface area (Å²) in [5.41, 5.74) is 18.2. The second-order valence-corrected chi connectivity index (χ2v) is 24.6. The van der Waals surface area contributed by atoms with Gasteiger partial charge in [0.25, 0.3) is 0 Å². The van der Waals surface area contributed by atoms with Gasteiger partial charge in [0.1, 0.15) is 0 Å². The highest BCUT2D eigenvalue weighted by Gasteiger charge is 2.36. The lowest BCUT2D eigenvalue weighted by Gasteiger charge is -2.23. The molecule has 0 N–H and O–H groups in total. The molecule has 0 saturated carbocycles. The van der Waals surface area contributed by atoms with Gasteiger partial charge >= 0.3 is 0 Å². The van der Waals surface area contributed by atoms with E-state index < -0.39 is 0 Å². The van der Waals surface area contributed by atoms with E-state index in [4.69, 9.17) is 0 Å². The molecule has 87 heavy (non-hydrogen) atoms. The van der Waals surface area contributed by atoms with Gasteiger partial charge in [-0.1, -0.05) is 299 Å². The highest BCUT2D eigenvalue weighted by Crippen LogP contribution is 2.52. The SMILES string of the molecule is CC1(C)c2cc(-c3ccc(-c4ccc5ccc6cccc7ccc4c5c67)cc3)ccc2-c2ccc(-c3ccc4ccc5cccc6ccc3c4c56)cc21.c1ccc2cc(-c3c4ccccc4c(-c4cccc5ccccc45)c4ccccc34)ccc2c1. The third kappa shape index (κ3) is 7.57. The lowest BCUT2D eigenvalue weighted by atomic mass is 9.80. The zero-order valence-electron chi connectivity index (χ0n) is 48.4. The summed E-state index contributed by atoms with van der Waals surface area (Å²) in [6.07, 6.45) is 0. The Hall–Kier alpha value is -10.9. The zero-order chi connectivity index (χ0) is 57.5. The van der Waals surface area contributed by atoms with E-state index >= 15 is 0 Å². The van der Waals surface area contributed by atoms with Crippen molar-refractivity contribution in [1.82, 2.24) is 0 Å². The summed E-state index contributed by atoms with van der Waals surface area (Å²) in [5, 5.41) is 26.2. The Labute approximate surface area is 505 Å². The maximum atomic E-state index is 2.46. The van der Waals surface area contributed by atoms with E-state index in [-0.39, 0.29) is 5.41 Å². The first-order valence-electron chi connectivity index (χ1n) is 30.5. The van der Waals surface area contributed by atoms with Gasteiger partial charge < -0.3 is 0 Å². The molecule has 0 aliphatic heterocycles. The van der Waals surface area contributed by atoms with E-state index in [0.29, 0.717) is 0 Å². The summed E-state index contributed by atoms with van der Waals surface area (Å²) in [6.45, 7) is 4.79. The second kappa shape index (κ2) is 19.0. The molecule has 1 aliphatic rings. The van der Waals surface area contributed by atoms with Gasteiger partial charge in [0.15, 0.2) is 0 Å². The summed E-state index contributed by atoms with van der Waals surface area (Å²) < 4.78 is 0. The van der Waals surface area contributed by atoms with Gasteiger partial charge in [-0.05, 0) is 204 Å². The Morgan fingerprint density at radius 2 is 0.552 bits per heavy atom. The van der Waals surface area contributed by atoms with Gasteiger partial charge in [0, 0.05) is 5.41 Å². The van der Waals surface area contributed by atoms with Crippen LogP contribution in [0.4, 0.5) is 0 Å². The first-order valence-corrected chi connectivity index (χ1v) is 30.5. The monoisotopic (exact) mass is 1100 g/mol. The molecule has 0 fully saturated rings. The molecule has 0 atom stereocenters. The van der Waals surface area contributed by atoms with Crippen molar-refractivity contribution < 1.29 is 0 Å². The highest BCUT2D eigenvalue weighted by atomic mass is 14.4. The topological polar surface area (TPSA) is 0 Å². The van der Waals surface area contributed by atoms with Crippen LogP contribution in [0.1, 0.15) is 25.0 Å². The highest BCUT2D eigenvalue weighted by molar-refractivity contribution is 6.28. The van der Waals surface area contributed by atoms with Crippen LogP contribution >= 0.6 is 0 Å². The third-order valence-corrected chi connectivity index (χ3v) is 19.6. The predicted octanol–water partition coefficient (Wildman–Crippen LogP) is 24.4. The van der Waals surface area contributed by atoms with E-state index in [1.54, 1.807) is 0 Å². The molecular formula is C87H56. The molecular weight excluding hydrogens is 1040 g/mol. The molecule has 1 aliphatic carbocycles. The van der Waals surface area contributed by atoms with Crippen molar-refractivity contribution in [2.24, 2.45) is 0 Å². The van der Waals surface area contributed by atoms with Crippen LogP contribution in [-0.2, 0) is 5.41 Å². The van der Waals surface area contributed by atoms with Crippen molar-refractivity contribution in [2.45, 2.75) is 19.3 Å². The quantitative estimate of drug-likeness (QED) is 0.119. The lowest BCUT2D eigenvalue weighted by molar-refractivity contribution is 0.661. The molecule has 0 unspecified atom stereocenters. The van der Waals surface area contributed by atoms with Crippen molar-refractivity contribution >= 4 is 108 Å². The first kappa shape index (κ1) is 49.5. The van der Waals surface area contributed by atoms with Crippen molar-refractivity contribution in [2.75, 3.05) is 0 Å². The van der Waals surface area contributed by atoms with Gasteiger partial charge in [0.2, 0.25) is 0 Å². The molecule has 0 aromatic heterocycles. The minimum Gasteiger partial charge on any atom is -0.0616 e. The van der Waals surface area contributed by atoms with Crippen LogP contribution in [0.5, 0.6) is 0 Å². The van der Waals surface area contributed by atoms with Crippen LogP contribution in [0.3, 0.4) is 0 Å². The maximum absolute atomic E-state index is 2.46. The van der Waals surface area contributed by atoms with Gasteiger partial charge in [-0.15, -0.1) is 0 Å². The average Bonchev–Trinajstić information content (AvgIpc) is 3.21. The van der Waals surface area contributed by atoms with Crippen LogP contribution in [0, 0.1) is 0 Å². The summed E-state index contributed by atoms with van der Waals surface area (Å²) in [4.78, 5) is 0. The minimum absolute atomic E-state index is 0.123. The standard InChI is InChI=1S/C53H34.C34H22/c1-53(2)47-29-39(31-9-11-32(12-10-31)41-23-17-37-15-13-33-5-3-7-35-19-27-45(41)51(37)49(33)35)21-25-43(47)44-26-22-40(30-48(44)53)42-24-18-38-16-14-34-6-4-8-36-20-28-46(42)52(38)50(34)36;1-2-12-25-22-26(21-20-23(25)10-1)33-29-15-5-7-17-31(29)34(32-18-8-6-16-30(32)33)28-19-9-13-24-11-3-4-14-27(24)28/h3-30H,1-2H3;1-22H. The average molecular weight is 1100 g/mol. The minimum atomic E-state index is -0.123. The van der Waals surface area contributed by atoms with Gasteiger partial charge in [-0.2, -0.15) is 0 Å². The second-order valence-electron chi connectivity index (χ2n) is 24.6. The van der Waals surface area contributed by atoms with E-state index in [0.717, 1.165) is 0 Å². The Bertz CT molecular complexity index is 5740. The number of hydrogen-bond donors (Lipinski definition) is 0. The lowest BCUT2D eigenvalue weighted by Crippen LogP contribution is -2.15. The maximum Gasteiger partial charge on any atom is 0.0159 e. The molecule has 0 amide bonds. The number of benzene rings is 18. The largest absolute Gasteiger partial charge is 0.0616 e. The molecule has 18 aromatic rings. The van der Waals surface area contributed by atoms with Crippen LogP contribution in [-0.4, -0.2) is 0 Å². The van der Waals surface area contributed by atoms with Gasteiger partial charge in [0.05, 0.1) is 0 Å². The molecule has 0 bridgehead atoms. The molecule has 0 heterocycles. The molecule has 0 heteroatoms. The van der Waals surface area contributed by atoms with Crippen LogP contribution in [0.25, 0.3) is 174 Å². The van der Waals surface area contributed by atoms with E-state index in [2.05, 4.69) is 317 Å². The molecule has 0 saturated heterocycles. The number of rotatable bonds is 5. The normalized spacial score (nSPS) is 12.8. The summed E-state index contributed by atoms with van der Waals surface area (Å²) in [5.74, 6) is 0. The fourth-order valence-corrected chi connectivity index (χ4v) is 15.4. The van der Waals surface area contributed by atoms with E-state index in [1.165, 1.54) is 186 Å². The number of hydrogen-bond acceptors (Lipinski definition) is 0. The summed E-state index contributed by atoms with van der Waals surface area (Å²) in [7, 11) is 0. The molecule has 18 aromatic carbocycles. The fraction of sp³-hybridized carbons (Fsp3) is 0.0345. The Morgan fingerprint density at radius 1 is 0.184 bits per heavy atom.